The van der Waals surface area contributed by atoms with E-state index in [-0.39, 0.29) is 28.3 Å². The Balaban J connectivity index is 1.62. The number of fused-ring (bicyclic) bond motifs is 1. The van der Waals surface area contributed by atoms with Gasteiger partial charge < -0.3 is 10.1 Å². The number of carbonyl (C=O) groups is 4. The van der Waals surface area contributed by atoms with Crippen LogP contribution in [0.1, 0.15) is 51.3 Å². The summed E-state index contributed by atoms with van der Waals surface area (Å²) >= 11 is 0. The number of nitrogens with zero attached hydrogens (tertiary/aromatic N) is 1. The van der Waals surface area contributed by atoms with Crippen LogP contribution >= 0.6 is 0 Å². The van der Waals surface area contributed by atoms with E-state index in [4.69, 9.17) is 4.74 Å². The van der Waals surface area contributed by atoms with Crippen molar-refractivity contribution in [1.82, 2.24) is 4.90 Å². The van der Waals surface area contributed by atoms with Gasteiger partial charge in [-0.2, -0.15) is 0 Å². The third-order valence-corrected chi connectivity index (χ3v) is 4.58. The molecule has 2 aromatic carbocycles. The van der Waals surface area contributed by atoms with E-state index >= 15 is 0 Å². The number of benzene rings is 2. The maximum atomic E-state index is 13.1. The standard InChI is InChI=1S/C22H21FN2O5/c1-13(2)8-9-25-20(27)17-7-6-14(10-18(17)21(25)28)22(29)30-12-19(26)24-16-5-3-4-15(23)11-16/h3-7,10-11,13H,8-9,12H2,1-2H3,(H,24,26). The number of esters is 1. The molecule has 0 saturated carbocycles. The molecule has 2 aromatic rings. The highest BCUT2D eigenvalue weighted by atomic mass is 19.1. The van der Waals surface area contributed by atoms with Gasteiger partial charge in [-0.15, -0.1) is 0 Å². The smallest absolute Gasteiger partial charge is 0.338 e. The summed E-state index contributed by atoms with van der Waals surface area (Å²) in [7, 11) is 0. The molecule has 1 aliphatic heterocycles. The van der Waals surface area contributed by atoms with Gasteiger partial charge in [0.15, 0.2) is 6.61 Å². The fourth-order valence-corrected chi connectivity index (χ4v) is 2.99. The third kappa shape index (κ3) is 4.71. The molecule has 0 atom stereocenters. The number of hydrogen-bond donors (Lipinski definition) is 1. The van der Waals surface area contributed by atoms with Crippen LogP contribution in [0.25, 0.3) is 0 Å². The summed E-state index contributed by atoms with van der Waals surface area (Å²) in [6.45, 7) is 3.72. The Labute approximate surface area is 172 Å². The number of imide groups is 1. The summed E-state index contributed by atoms with van der Waals surface area (Å²) in [5, 5.41) is 2.41. The van der Waals surface area contributed by atoms with Crippen LogP contribution in [-0.2, 0) is 9.53 Å². The number of rotatable bonds is 7. The average Bonchev–Trinajstić information content (AvgIpc) is 2.94. The molecule has 3 rings (SSSR count). The Kier molecular flexibility index (Phi) is 6.25. The van der Waals surface area contributed by atoms with Gasteiger partial charge >= 0.3 is 5.97 Å². The highest BCUT2D eigenvalue weighted by Crippen LogP contribution is 2.25. The highest BCUT2D eigenvalue weighted by Gasteiger charge is 2.35. The third-order valence-electron chi connectivity index (χ3n) is 4.58. The van der Waals surface area contributed by atoms with Crippen molar-refractivity contribution in [3.63, 3.8) is 0 Å². The maximum absolute atomic E-state index is 13.1. The molecule has 30 heavy (non-hydrogen) atoms. The number of amides is 3. The van der Waals surface area contributed by atoms with E-state index in [0.717, 1.165) is 6.07 Å². The fourth-order valence-electron chi connectivity index (χ4n) is 2.99. The van der Waals surface area contributed by atoms with Crippen molar-refractivity contribution in [2.45, 2.75) is 20.3 Å². The van der Waals surface area contributed by atoms with E-state index in [0.29, 0.717) is 18.9 Å². The van der Waals surface area contributed by atoms with Crippen LogP contribution in [0, 0.1) is 11.7 Å². The topological polar surface area (TPSA) is 92.8 Å². The monoisotopic (exact) mass is 412 g/mol. The lowest BCUT2D eigenvalue weighted by atomic mass is 10.1. The quantitative estimate of drug-likeness (QED) is 0.557. The summed E-state index contributed by atoms with van der Waals surface area (Å²) in [6.07, 6.45) is 0.681. The lowest BCUT2D eigenvalue weighted by molar-refractivity contribution is -0.119. The Morgan fingerprint density at radius 1 is 1.07 bits per heavy atom. The number of anilines is 1. The first-order chi connectivity index (χ1) is 14.3. The summed E-state index contributed by atoms with van der Waals surface area (Å²) in [4.78, 5) is 50.3. The van der Waals surface area contributed by atoms with Crippen LogP contribution in [0.15, 0.2) is 42.5 Å². The van der Waals surface area contributed by atoms with Gasteiger partial charge in [-0.1, -0.05) is 19.9 Å². The molecule has 0 aromatic heterocycles. The lowest BCUT2D eigenvalue weighted by Crippen LogP contribution is -2.31. The molecule has 0 fully saturated rings. The predicted octanol–water partition coefficient (Wildman–Crippen LogP) is 3.26. The molecular formula is C22H21FN2O5. The van der Waals surface area contributed by atoms with E-state index in [1.807, 2.05) is 13.8 Å². The van der Waals surface area contributed by atoms with Crippen molar-refractivity contribution < 1.29 is 28.3 Å². The van der Waals surface area contributed by atoms with Gasteiger partial charge in [-0.3, -0.25) is 19.3 Å². The van der Waals surface area contributed by atoms with E-state index in [2.05, 4.69) is 5.32 Å². The molecule has 1 N–H and O–H groups in total. The van der Waals surface area contributed by atoms with Crippen molar-refractivity contribution in [3.05, 3.63) is 65.0 Å². The molecule has 0 saturated heterocycles. The highest BCUT2D eigenvalue weighted by molar-refractivity contribution is 6.22. The van der Waals surface area contributed by atoms with Gasteiger partial charge in [0, 0.05) is 12.2 Å². The Morgan fingerprint density at radius 3 is 2.50 bits per heavy atom. The molecule has 7 nitrogen and oxygen atoms in total. The summed E-state index contributed by atoms with van der Waals surface area (Å²) in [5.41, 5.74) is 0.671. The Hall–Kier alpha value is -3.55. The second-order valence-corrected chi connectivity index (χ2v) is 7.34. The molecule has 0 unspecified atom stereocenters. The zero-order chi connectivity index (χ0) is 21.8. The number of halogens is 1. The zero-order valence-corrected chi connectivity index (χ0v) is 16.6. The second kappa shape index (κ2) is 8.86. The largest absolute Gasteiger partial charge is 0.452 e. The molecule has 1 heterocycles. The molecule has 8 heteroatoms. The molecule has 1 aliphatic rings. The fraction of sp³-hybridized carbons (Fsp3) is 0.273. The van der Waals surface area contributed by atoms with Crippen molar-refractivity contribution in [1.29, 1.82) is 0 Å². The van der Waals surface area contributed by atoms with Crippen LogP contribution in [0.5, 0.6) is 0 Å². The normalized spacial score (nSPS) is 12.9. The SMILES string of the molecule is CC(C)CCN1C(=O)c2ccc(C(=O)OCC(=O)Nc3cccc(F)c3)cc2C1=O. The number of nitrogens with one attached hydrogen (secondary N) is 1. The number of ether oxygens (including phenoxy) is 1. The van der Waals surface area contributed by atoms with Crippen LogP contribution in [0.4, 0.5) is 10.1 Å². The minimum absolute atomic E-state index is 0.0548. The molecule has 3 amide bonds. The van der Waals surface area contributed by atoms with Gasteiger partial charge in [-0.05, 0) is 48.7 Å². The summed E-state index contributed by atoms with van der Waals surface area (Å²) in [5.74, 6) is -2.46. The molecule has 0 spiro atoms. The van der Waals surface area contributed by atoms with Crippen LogP contribution in [0.2, 0.25) is 0 Å². The first kappa shape index (κ1) is 21.2. The van der Waals surface area contributed by atoms with Crippen molar-refractivity contribution >= 4 is 29.4 Å². The second-order valence-electron chi connectivity index (χ2n) is 7.34. The zero-order valence-electron chi connectivity index (χ0n) is 16.6. The first-order valence-corrected chi connectivity index (χ1v) is 9.49. The molecule has 0 aliphatic carbocycles. The summed E-state index contributed by atoms with van der Waals surface area (Å²) in [6, 6.07) is 9.39. The molecular weight excluding hydrogens is 391 g/mol. The van der Waals surface area contributed by atoms with Crippen molar-refractivity contribution in [2.75, 3.05) is 18.5 Å². The maximum Gasteiger partial charge on any atom is 0.338 e. The van der Waals surface area contributed by atoms with Gasteiger partial charge in [0.25, 0.3) is 17.7 Å². The van der Waals surface area contributed by atoms with Crippen molar-refractivity contribution in [3.8, 4) is 0 Å². The predicted molar refractivity (Wildman–Crippen MR) is 107 cm³/mol. The van der Waals surface area contributed by atoms with Gasteiger partial charge in [-0.25, -0.2) is 9.18 Å². The van der Waals surface area contributed by atoms with E-state index in [1.165, 1.54) is 41.3 Å². The Morgan fingerprint density at radius 2 is 1.80 bits per heavy atom. The Bertz CT molecular complexity index is 1020. The van der Waals surface area contributed by atoms with Gasteiger partial charge in [0.1, 0.15) is 5.82 Å². The average molecular weight is 412 g/mol. The van der Waals surface area contributed by atoms with E-state index < -0.39 is 30.2 Å². The lowest BCUT2D eigenvalue weighted by Gasteiger charge is -2.14. The van der Waals surface area contributed by atoms with Crippen LogP contribution < -0.4 is 5.32 Å². The minimum atomic E-state index is -0.812. The summed E-state index contributed by atoms with van der Waals surface area (Å²) < 4.78 is 18.1. The number of hydrogen-bond acceptors (Lipinski definition) is 5. The minimum Gasteiger partial charge on any atom is -0.452 e. The van der Waals surface area contributed by atoms with E-state index in [1.54, 1.807) is 0 Å². The van der Waals surface area contributed by atoms with Crippen molar-refractivity contribution in [2.24, 2.45) is 5.92 Å². The van der Waals surface area contributed by atoms with Crippen LogP contribution in [-0.4, -0.2) is 41.7 Å². The van der Waals surface area contributed by atoms with Crippen LogP contribution in [0.3, 0.4) is 0 Å². The molecule has 0 radical (unpaired) electrons. The number of carbonyl (C=O) groups excluding carboxylic acids is 4. The molecule has 156 valence electrons. The van der Waals surface area contributed by atoms with E-state index in [9.17, 15) is 23.6 Å². The first-order valence-electron chi connectivity index (χ1n) is 9.49. The van der Waals surface area contributed by atoms with Gasteiger partial charge in [0.05, 0.1) is 16.7 Å². The van der Waals surface area contributed by atoms with Gasteiger partial charge in [0.2, 0.25) is 0 Å². The molecule has 0 bridgehead atoms.